The fourth-order valence-corrected chi connectivity index (χ4v) is 3.03. The summed E-state index contributed by atoms with van der Waals surface area (Å²) in [6.07, 6.45) is -2.10. The molecule has 6 atom stereocenters. The molecule has 2 aliphatic rings. The lowest BCUT2D eigenvalue weighted by Gasteiger charge is -2.48. The maximum Gasteiger partial charge on any atom is 0.186 e. The molecule has 2 aliphatic heterocycles. The highest BCUT2D eigenvalue weighted by molar-refractivity contribution is 5.16. The molecule has 2 heterocycles. The Labute approximate surface area is 130 Å². The molecular weight excluding hydrogens is 288 g/mol. The third kappa shape index (κ3) is 2.90. The minimum Gasteiger partial charge on any atom is -0.376 e. The van der Waals surface area contributed by atoms with Gasteiger partial charge in [0.05, 0.1) is 6.61 Å². The molecule has 122 valence electrons. The molecule has 0 bridgehead atoms. The van der Waals surface area contributed by atoms with Gasteiger partial charge in [-0.2, -0.15) is 0 Å². The highest BCUT2D eigenvalue weighted by Crippen LogP contribution is 2.35. The lowest BCUT2D eigenvalue weighted by atomic mass is 9.97. The van der Waals surface area contributed by atoms with Gasteiger partial charge in [-0.05, 0) is 0 Å². The molecule has 3 unspecified atom stereocenters. The Morgan fingerprint density at radius 1 is 0.909 bits per heavy atom. The van der Waals surface area contributed by atoms with Gasteiger partial charge in [0.15, 0.2) is 12.6 Å². The summed E-state index contributed by atoms with van der Waals surface area (Å²) in [5, 5.41) is 0. The normalized spacial score (nSPS) is 38.5. The number of fused-ring (bicyclic) bond motifs is 1. The first-order valence-electron chi connectivity index (χ1n) is 7.34. The number of methoxy groups -OCH3 is 3. The van der Waals surface area contributed by atoms with Crippen molar-refractivity contribution in [3.8, 4) is 0 Å². The van der Waals surface area contributed by atoms with Crippen molar-refractivity contribution >= 4 is 0 Å². The van der Waals surface area contributed by atoms with Crippen molar-refractivity contribution in [3.63, 3.8) is 0 Å². The number of rotatable bonds is 4. The molecule has 2 saturated heterocycles. The van der Waals surface area contributed by atoms with Crippen molar-refractivity contribution in [3.05, 3.63) is 35.9 Å². The van der Waals surface area contributed by atoms with Crippen LogP contribution in [0, 0.1) is 0 Å². The zero-order chi connectivity index (χ0) is 15.5. The van der Waals surface area contributed by atoms with E-state index in [1.807, 2.05) is 30.3 Å². The largest absolute Gasteiger partial charge is 0.376 e. The summed E-state index contributed by atoms with van der Waals surface area (Å²) in [5.41, 5.74) is 0.971. The summed E-state index contributed by atoms with van der Waals surface area (Å²) in [5.74, 6) is 0. The van der Waals surface area contributed by atoms with Crippen molar-refractivity contribution in [2.45, 2.75) is 37.0 Å². The standard InChI is InChI=1S/C16H22O6/c1-17-13-12-11(21-16(19-3)14(13)18-2)9-20-15(22-12)10-7-5-4-6-8-10/h4-8,11-16H,9H2,1-3H3/t11?,12-,13-,14?,15?,16+/m0/s1. The first-order chi connectivity index (χ1) is 10.8. The summed E-state index contributed by atoms with van der Waals surface area (Å²) in [6.45, 7) is 0.417. The van der Waals surface area contributed by atoms with Crippen molar-refractivity contribution < 1.29 is 28.4 Å². The third-order valence-electron chi connectivity index (χ3n) is 4.13. The SMILES string of the molecule is COC1[C@H](OC)OC2COC(c3ccccc3)O[C@@H]2[C@@H]1OC. The van der Waals surface area contributed by atoms with Gasteiger partial charge in [-0.1, -0.05) is 30.3 Å². The Morgan fingerprint density at radius 3 is 2.27 bits per heavy atom. The fraction of sp³-hybridized carbons (Fsp3) is 0.625. The van der Waals surface area contributed by atoms with E-state index in [1.54, 1.807) is 21.3 Å². The van der Waals surface area contributed by atoms with E-state index in [-0.39, 0.29) is 24.4 Å². The van der Waals surface area contributed by atoms with Crippen molar-refractivity contribution in [1.29, 1.82) is 0 Å². The fourth-order valence-electron chi connectivity index (χ4n) is 3.03. The van der Waals surface area contributed by atoms with E-state index < -0.39 is 12.6 Å². The van der Waals surface area contributed by atoms with Crippen LogP contribution in [0.4, 0.5) is 0 Å². The molecule has 0 aromatic heterocycles. The summed E-state index contributed by atoms with van der Waals surface area (Å²) >= 11 is 0. The van der Waals surface area contributed by atoms with E-state index in [0.29, 0.717) is 6.61 Å². The minimum atomic E-state index is -0.503. The molecule has 0 amide bonds. The molecule has 0 N–H and O–H groups in total. The Kier molecular flexibility index (Phi) is 5.07. The second kappa shape index (κ2) is 7.04. The zero-order valence-corrected chi connectivity index (χ0v) is 13.0. The number of hydrogen-bond acceptors (Lipinski definition) is 6. The van der Waals surface area contributed by atoms with Crippen LogP contribution in [-0.4, -0.2) is 58.6 Å². The van der Waals surface area contributed by atoms with Crippen LogP contribution in [0.1, 0.15) is 11.9 Å². The first kappa shape index (κ1) is 15.9. The quantitative estimate of drug-likeness (QED) is 0.840. The van der Waals surface area contributed by atoms with Gasteiger partial charge < -0.3 is 28.4 Å². The van der Waals surface area contributed by atoms with Gasteiger partial charge in [0.1, 0.15) is 24.4 Å². The molecule has 6 heteroatoms. The van der Waals surface area contributed by atoms with Crippen LogP contribution in [0.2, 0.25) is 0 Å². The van der Waals surface area contributed by atoms with E-state index in [2.05, 4.69) is 0 Å². The molecule has 6 nitrogen and oxygen atoms in total. The maximum atomic E-state index is 6.10. The van der Waals surface area contributed by atoms with E-state index in [9.17, 15) is 0 Å². The maximum absolute atomic E-state index is 6.10. The van der Waals surface area contributed by atoms with Gasteiger partial charge in [-0.15, -0.1) is 0 Å². The number of hydrogen-bond donors (Lipinski definition) is 0. The Morgan fingerprint density at radius 2 is 1.64 bits per heavy atom. The van der Waals surface area contributed by atoms with Crippen molar-refractivity contribution in [2.75, 3.05) is 27.9 Å². The smallest absolute Gasteiger partial charge is 0.186 e. The van der Waals surface area contributed by atoms with Gasteiger partial charge in [0.2, 0.25) is 0 Å². The predicted octanol–water partition coefficient (Wildman–Crippen LogP) is 1.50. The second-order valence-corrected chi connectivity index (χ2v) is 5.36. The topological polar surface area (TPSA) is 55.4 Å². The van der Waals surface area contributed by atoms with Crippen LogP contribution in [0.15, 0.2) is 30.3 Å². The van der Waals surface area contributed by atoms with Crippen molar-refractivity contribution in [2.24, 2.45) is 0 Å². The molecule has 2 fully saturated rings. The highest BCUT2D eigenvalue weighted by atomic mass is 16.8. The van der Waals surface area contributed by atoms with Gasteiger partial charge in [-0.25, -0.2) is 0 Å². The monoisotopic (exact) mass is 310 g/mol. The van der Waals surface area contributed by atoms with E-state index in [1.165, 1.54) is 0 Å². The van der Waals surface area contributed by atoms with Crippen LogP contribution in [-0.2, 0) is 28.4 Å². The van der Waals surface area contributed by atoms with Gasteiger partial charge in [-0.3, -0.25) is 0 Å². The molecule has 1 aromatic carbocycles. The average Bonchev–Trinajstić information content (AvgIpc) is 2.60. The zero-order valence-electron chi connectivity index (χ0n) is 13.0. The molecule has 0 saturated carbocycles. The van der Waals surface area contributed by atoms with Gasteiger partial charge >= 0.3 is 0 Å². The predicted molar refractivity (Wildman–Crippen MR) is 77.3 cm³/mol. The van der Waals surface area contributed by atoms with Gasteiger partial charge in [0.25, 0.3) is 0 Å². The average molecular weight is 310 g/mol. The molecule has 1 aromatic rings. The second-order valence-electron chi connectivity index (χ2n) is 5.36. The molecule has 3 rings (SSSR count). The van der Waals surface area contributed by atoms with Gasteiger partial charge in [0, 0.05) is 26.9 Å². The highest BCUT2D eigenvalue weighted by Gasteiger charge is 2.50. The van der Waals surface area contributed by atoms with Crippen LogP contribution in [0.25, 0.3) is 0 Å². The summed E-state index contributed by atoms with van der Waals surface area (Å²) < 4.78 is 34.2. The first-order valence-corrected chi connectivity index (χ1v) is 7.34. The Bertz CT molecular complexity index is 467. The molecule has 22 heavy (non-hydrogen) atoms. The lowest BCUT2D eigenvalue weighted by molar-refractivity contribution is -0.363. The van der Waals surface area contributed by atoms with Crippen LogP contribution >= 0.6 is 0 Å². The molecule has 0 spiro atoms. The number of benzene rings is 1. The van der Waals surface area contributed by atoms with Crippen LogP contribution in [0.3, 0.4) is 0 Å². The van der Waals surface area contributed by atoms with Crippen molar-refractivity contribution in [1.82, 2.24) is 0 Å². The molecular formula is C16H22O6. The Hall–Kier alpha value is -1.02. The number of ether oxygens (including phenoxy) is 6. The van der Waals surface area contributed by atoms with Crippen LogP contribution < -0.4 is 0 Å². The lowest BCUT2D eigenvalue weighted by Crippen LogP contribution is -2.63. The third-order valence-corrected chi connectivity index (χ3v) is 4.13. The van der Waals surface area contributed by atoms with E-state index >= 15 is 0 Å². The van der Waals surface area contributed by atoms with E-state index in [0.717, 1.165) is 5.56 Å². The summed E-state index contributed by atoms with van der Waals surface area (Å²) in [4.78, 5) is 0. The van der Waals surface area contributed by atoms with E-state index in [4.69, 9.17) is 28.4 Å². The minimum absolute atomic E-state index is 0.249. The van der Waals surface area contributed by atoms with Crippen LogP contribution in [0.5, 0.6) is 0 Å². The Balaban J connectivity index is 1.79. The molecule has 0 aliphatic carbocycles. The molecule has 0 radical (unpaired) electrons. The summed E-state index contributed by atoms with van der Waals surface area (Å²) in [6, 6.07) is 9.82. The summed E-state index contributed by atoms with van der Waals surface area (Å²) in [7, 11) is 4.84.